The van der Waals surface area contributed by atoms with Gasteiger partial charge in [-0.15, -0.1) is 6.42 Å². The number of aromatic amines is 1. The van der Waals surface area contributed by atoms with Crippen molar-refractivity contribution in [3.63, 3.8) is 0 Å². The van der Waals surface area contributed by atoms with Gasteiger partial charge in [-0.05, 0) is 6.92 Å². The number of aliphatic hydroxyl groups excluding tert-OH is 2. The van der Waals surface area contributed by atoms with E-state index >= 15 is 0 Å². The van der Waals surface area contributed by atoms with Gasteiger partial charge in [0.15, 0.2) is 6.10 Å². The Balaban J connectivity index is 2.55. The summed E-state index contributed by atoms with van der Waals surface area (Å²) in [5.41, 5.74) is -2.40. The van der Waals surface area contributed by atoms with Crippen LogP contribution in [0.2, 0.25) is 0 Å². The lowest BCUT2D eigenvalue weighted by Crippen LogP contribution is -2.44. The molecule has 0 amide bonds. The number of rotatable bonds is 2. The van der Waals surface area contributed by atoms with E-state index in [4.69, 9.17) is 11.2 Å². The average molecular weight is 302 g/mol. The van der Waals surface area contributed by atoms with Gasteiger partial charge in [0.1, 0.15) is 11.7 Å². The maximum Gasteiger partial charge on any atom is 0.330 e. The first-order valence-electron chi connectivity index (χ1n) is 5.91. The van der Waals surface area contributed by atoms with E-state index in [9.17, 15) is 28.6 Å². The van der Waals surface area contributed by atoms with E-state index in [0.29, 0.717) is 4.57 Å². The summed E-state index contributed by atoms with van der Waals surface area (Å²) in [5.74, 6) is -1.91. The highest BCUT2D eigenvalue weighted by molar-refractivity contribution is 5.26. The molecule has 1 fully saturated rings. The molecule has 7 nitrogen and oxygen atoms in total. The lowest BCUT2D eigenvalue weighted by atomic mass is 10.1. The summed E-state index contributed by atoms with van der Waals surface area (Å²) in [7, 11) is 0. The molecular weight excluding hydrogens is 290 g/mol. The van der Waals surface area contributed by atoms with E-state index < -0.39 is 41.7 Å². The molecule has 3 N–H and O–H groups in total. The van der Waals surface area contributed by atoms with Crippen molar-refractivity contribution in [1.29, 1.82) is 0 Å². The van der Waals surface area contributed by atoms with E-state index in [1.165, 1.54) is 0 Å². The van der Waals surface area contributed by atoms with Crippen LogP contribution in [-0.2, 0) is 4.74 Å². The molecule has 1 aromatic heterocycles. The lowest BCUT2D eigenvalue weighted by molar-refractivity contribution is -0.141. The van der Waals surface area contributed by atoms with E-state index in [1.54, 1.807) is 4.98 Å². The first-order valence-corrected chi connectivity index (χ1v) is 5.91. The molecule has 21 heavy (non-hydrogen) atoms. The van der Waals surface area contributed by atoms with Crippen LogP contribution in [0.3, 0.4) is 0 Å². The summed E-state index contributed by atoms with van der Waals surface area (Å²) in [6, 6.07) is 0. The highest BCUT2D eigenvalue weighted by Gasteiger charge is 2.60. The molecule has 1 saturated heterocycles. The summed E-state index contributed by atoms with van der Waals surface area (Å²) in [4.78, 5) is 24.7. The predicted octanol–water partition coefficient (Wildman–Crippen LogP) is -1.21. The maximum absolute atomic E-state index is 14.0. The highest BCUT2D eigenvalue weighted by atomic mass is 19.3. The Morgan fingerprint density at radius 1 is 1.57 bits per heavy atom. The minimum absolute atomic E-state index is 0.344. The minimum Gasteiger partial charge on any atom is -0.391 e. The molecule has 0 spiro atoms. The molecule has 0 aromatic carbocycles. The number of aliphatic hydroxyl groups is 2. The normalized spacial score (nSPS) is 29.0. The number of alkyl halides is 2. The molecule has 1 aromatic rings. The van der Waals surface area contributed by atoms with Crippen LogP contribution in [0.5, 0.6) is 0 Å². The van der Waals surface area contributed by atoms with Crippen molar-refractivity contribution in [1.82, 2.24) is 9.55 Å². The van der Waals surface area contributed by atoms with Gasteiger partial charge < -0.3 is 14.9 Å². The van der Waals surface area contributed by atoms with Crippen molar-refractivity contribution in [3.05, 3.63) is 32.6 Å². The van der Waals surface area contributed by atoms with Gasteiger partial charge in [0.2, 0.25) is 6.23 Å². The van der Waals surface area contributed by atoms with E-state index in [-0.39, 0.29) is 5.56 Å². The summed E-state index contributed by atoms with van der Waals surface area (Å²) in [6.45, 7) is 1.16. The van der Waals surface area contributed by atoms with Crippen molar-refractivity contribution in [2.75, 3.05) is 0 Å². The molecule has 0 saturated carbocycles. The second kappa shape index (κ2) is 5.07. The van der Waals surface area contributed by atoms with Gasteiger partial charge in [0.25, 0.3) is 5.56 Å². The highest BCUT2D eigenvalue weighted by Crippen LogP contribution is 2.43. The van der Waals surface area contributed by atoms with E-state index in [2.05, 4.69) is 0 Å². The molecule has 9 heteroatoms. The number of nitrogens with one attached hydrogen (secondary N) is 1. The molecule has 2 rings (SSSR count). The van der Waals surface area contributed by atoms with Crippen molar-refractivity contribution in [2.24, 2.45) is 0 Å². The van der Waals surface area contributed by atoms with E-state index in [0.717, 1.165) is 13.1 Å². The van der Waals surface area contributed by atoms with Gasteiger partial charge >= 0.3 is 11.6 Å². The largest absolute Gasteiger partial charge is 0.391 e. The molecule has 0 bridgehead atoms. The zero-order valence-corrected chi connectivity index (χ0v) is 10.8. The SMILES string of the molecule is C#Cc1cn([C@@H]2O[C@H]([C@H](C)O)[C@@H](O)C2(F)F)c(=O)[nH]c1=O. The second-order valence-electron chi connectivity index (χ2n) is 4.67. The van der Waals surface area contributed by atoms with E-state index in [1.807, 2.05) is 5.92 Å². The number of ether oxygens (including phenoxy) is 1. The van der Waals surface area contributed by atoms with Gasteiger partial charge in [-0.1, -0.05) is 5.92 Å². The van der Waals surface area contributed by atoms with Crippen LogP contribution in [0.1, 0.15) is 18.7 Å². The number of H-pyrrole nitrogens is 1. The van der Waals surface area contributed by atoms with Crippen LogP contribution in [0.4, 0.5) is 8.78 Å². The van der Waals surface area contributed by atoms with Crippen molar-refractivity contribution in [2.45, 2.75) is 37.4 Å². The Labute approximate surface area is 116 Å². The molecule has 4 atom stereocenters. The quantitative estimate of drug-likeness (QED) is 0.595. The molecule has 114 valence electrons. The fraction of sp³-hybridized carbons (Fsp3) is 0.500. The zero-order chi connectivity index (χ0) is 15.9. The first kappa shape index (κ1) is 15.4. The summed E-state index contributed by atoms with van der Waals surface area (Å²) >= 11 is 0. The Bertz CT molecular complexity index is 703. The summed E-state index contributed by atoms with van der Waals surface area (Å²) < 4.78 is 33.3. The van der Waals surface area contributed by atoms with Crippen molar-refractivity contribution < 1.29 is 23.7 Å². The molecule has 1 aliphatic heterocycles. The monoisotopic (exact) mass is 302 g/mol. The Morgan fingerprint density at radius 3 is 2.67 bits per heavy atom. The van der Waals surface area contributed by atoms with Crippen LogP contribution in [0, 0.1) is 12.3 Å². The predicted molar refractivity (Wildman–Crippen MR) is 65.8 cm³/mol. The molecular formula is C12H12F2N2O5. The number of halogens is 2. The molecule has 1 aliphatic rings. The maximum atomic E-state index is 14.0. The van der Waals surface area contributed by atoms with Gasteiger partial charge in [-0.2, -0.15) is 8.78 Å². The third-order valence-electron chi connectivity index (χ3n) is 3.17. The Kier molecular flexibility index (Phi) is 3.71. The number of aromatic nitrogens is 2. The van der Waals surface area contributed by atoms with Gasteiger partial charge in [-0.25, -0.2) is 4.79 Å². The third-order valence-corrected chi connectivity index (χ3v) is 3.17. The fourth-order valence-corrected chi connectivity index (χ4v) is 2.07. The van der Waals surface area contributed by atoms with Gasteiger partial charge in [-0.3, -0.25) is 14.3 Å². The van der Waals surface area contributed by atoms with Crippen LogP contribution < -0.4 is 11.2 Å². The topological polar surface area (TPSA) is 105 Å². The Morgan fingerprint density at radius 2 is 2.19 bits per heavy atom. The fourth-order valence-electron chi connectivity index (χ4n) is 2.07. The minimum atomic E-state index is -3.85. The molecule has 0 radical (unpaired) electrons. The third kappa shape index (κ3) is 2.37. The number of hydrogen-bond acceptors (Lipinski definition) is 5. The van der Waals surface area contributed by atoms with Crippen LogP contribution in [0.25, 0.3) is 0 Å². The second-order valence-corrected chi connectivity index (χ2v) is 4.67. The van der Waals surface area contributed by atoms with Gasteiger partial charge in [0, 0.05) is 6.20 Å². The van der Waals surface area contributed by atoms with Crippen molar-refractivity contribution >= 4 is 0 Å². The number of nitrogens with zero attached hydrogens (tertiary/aromatic N) is 1. The molecule has 2 heterocycles. The Hall–Kier alpha value is -2.02. The van der Waals surface area contributed by atoms with Crippen molar-refractivity contribution in [3.8, 4) is 12.3 Å². The van der Waals surface area contributed by atoms with Crippen LogP contribution in [-0.4, -0.2) is 44.0 Å². The standard InChI is InChI=1S/C12H12F2N2O5/c1-3-6-4-16(11(20)15-9(6)19)10-12(13,14)8(18)7(21-10)5(2)17/h1,4-5,7-8,10,17-18H,2H3,(H,15,19,20)/t5-,7+,8+,10+/m0/s1. The number of terminal acetylenes is 1. The van der Waals surface area contributed by atoms with Crippen LogP contribution >= 0.6 is 0 Å². The first-order chi connectivity index (χ1) is 9.70. The number of hydrogen-bond donors (Lipinski definition) is 3. The molecule has 0 unspecified atom stereocenters. The summed E-state index contributed by atoms with van der Waals surface area (Å²) in [6.07, 6.45) is -1.69. The lowest BCUT2D eigenvalue weighted by Gasteiger charge is -2.21. The summed E-state index contributed by atoms with van der Waals surface area (Å²) in [5, 5.41) is 18.9. The van der Waals surface area contributed by atoms with Crippen LogP contribution in [0.15, 0.2) is 15.8 Å². The van der Waals surface area contributed by atoms with Gasteiger partial charge in [0.05, 0.1) is 6.10 Å². The average Bonchev–Trinajstić information content (AvgIpc) is 2.62. The smallest absolute Gasteiger partial charge is 0.330 e. The zero-order valence-electron chi connectivity index (χ0n) is 10.8. The molecule has 0 aliphatic carbocycles.